The van der Waals surface area contributed by atoms with E-state index < -0.39 is 10.0 Å². The number of nitrogens with one attached hydrogen (secondary N) is 2. The quantitative estimate of drug-likeness (QED) is 0.630. The molecule has 0 radical (unpaired) electrons. The van der Waals surface area contributed by atoms with Gasteiger partial charge in [0, 0.05) is 25.3 Å². The SMILES string of the molecule is COCCNC(=O)c1ccc(S(=O)(=O)Nc2ccc(OC)c(OC)c2)cc1. The maximum Gasteiger partial charge on any atom is 0.261 e. The molecule has 0 spiro atoms. The Hall–Kier alpha value is -2.78. The van der Waals surface area contributed by atoms with E-state index in [0.29, 0.717) is 35.9 Å². The molecule has 0 aliphatic carbocycles. The molecule has 0 saturated carbocycles. The topological polar surface area (TPSA) is 103 Å². The second-order valence-corrected chi connectivity index (χ2v) is 7.13. The second-order valence-electron chi connectivity index (χ2n) is 5.45. The highest BCUT2D eigenvalue weighted by Gasteiger charge is 2.16. The number of methoxy groups -OCH3 is 3. The van der Waals surface area contributed by atoms with Crippen LogP contribution in [0.4, 0.5) is 5.69 Å². The van der Waals surface area contributed by atoms with Crippen LogP contribution in [0.3, 0.4) is 0 Å². The largest absolute Gasteiger partial charge is 0.493 e. The van der Waals surface area contributed by atoms with Crippen molar-refractivity contribution in [2.75, 3.05) is 39.2 Å². The molecule has 0 unspecified atom stereocenters. The smallest absolute Gasteiger partial charge is 0.261 e. The molecule has 146 valence electrons. The van der Waals surface area contributed by atoms with E-state index in [1.165, 1.54) is 51.7 Å². The lowest BCUT2D eigenvalue weighted by atomic mass is 10.2. The van der Waals surface area contributed by atoms with Crippen molar-refractivity contribution in [2.24, 2.45) is 0 Å². The van der Waals surface area contributed by atoms with Crippen molar-refractivity contribution in [1.82, 2.24) is 5.32 Å². The van der Waals surface area contributed by atoms with Gasteiger partial charge in [-0.15, -0.1) is 0 Å². The summed E-state index contributed by atoms with van der Waals surface area (Å²) in [4.78, 5) is 12.0. The number of hydrogen-bond donors (Lipinski definition) is 2. The van der Waals surface area contributed by atoms with Crippen molar-refractivity contribution in [2.45, 2.75) is 4.90 Å². The standard InChI is InChI=1S/C18H22N2O6S/c1-24-11-10-19-18(21)13-4-7-15(8-5-13)27(22,23)20-14-6-9-16(25-2)17(12-14)26-3/h4-9,12,20H,10-11H2,1-3H3,(H,19,21). The van der Waals surface area contributed by atoms with Crippen molar-refractivity contribution >= 4 is 21.6 Å². The minimum absolute atomic E-state index is 0.0331. The maximum absolute atomic E-state index is 12.5. The number of carbonyl (C=O) groups excluding carboxylic acids is 1. The third-order valence-corrected chi connectivity index (χ3v) is 5.05. The van der Waals surface area contributed by atoms with Crippen molar-refractivity contribution in [1.29, 1.82) is 0 Å². The van der Waals surface area contributed by atoms with Crippen LogP contribution in [0.5, 0.6) is 11.5 Å². The molecule has 0 heterocycles. The molecule has 8 nitrogen and oxygen atoms in total. The van der Waals surface area contributed by atoms with Gasteiger partial charge in [0.2, 0.25) is 0 Å². The number of ether oxygens (including phenoxy) is 3. The maximum atomic E-state index is 12.5. The van der Waals surface area contributed by atoms with Crippen LogP contribution in [0.15, 0.2) is 47.4 Å². The van der Waals surface area contributed by atoms with Gasteiger partial charge in [0.15, 0.2) is 11.5 Å². The van der Waals surface area contributed by atoms with E-state index in [9.17, 15) is 13.2 Å². The normalized spacial score (nSPS) is 10.9. The van der Waals surface area contributed by atoms with Crippen LogP contribution < -0.4 is 19.5 Å². The highest BCUT2D eigenvalue weighted by Crippen LogP contribution is 2.30. The minimum Gasteiger partial charge on any atom is -0.493 e. The average molecular weight is 394 g/mol. The van der Waals surface area contributed by atoms with Crippen LogP contribution >= 0.6 is 0 Å². The Balaban J connectivity index is 2.13. The Bertz CT molecular complexity index is 881. The lowest BCUT2D eigenvalue weighted by Gasteiger charge is -2.12. The van der Waals surface area contributed by atoms with Gasteiger partial charge in [-0.25, -0.2) is 8.42 Å². The van der Waals surface area contributed by atoms with E-state index >= 15 is 0 Å². The van der Waals surface area contributed by atoms with E-state index in [1.807, 2.05) is 0 Å². The lowest BCUT2D eigenvalue weighted by molar-refractivity contribution is 0.0937. The van der Waals surface area contributed by atoms with Gasteiger partial charge in [0.1, 0.15) is 0 Å². The number of hydrogen-bond acceptors (Lipinski definition) is 6. The van der Waals surface area contributed by atoms with Crippen LogP contribution in [0.25, 0.3) is 0 Å². The van der Waals surface area contributed by atoms with Gasteiger partial charge in [-0.1, -0.05) is 0 Å². The molecule has 2 aromatic rings. The first kappa shape index (κ1) is 20.5. The molecular weight excluding hydrogens is 372 g/mol. The van der Waals surface area contributed by atoms with E-state index in [4.69, 9.17) is 14.2 Å². The molecule has 2 N–H and O–H groups in total. The van der Waals surface area contributed by atoms with Gasteiger partial charge in [0.05, 0.1) is 31.4 Å². The molecule has 0 fully saturated rings. The second kappa shape index (κ2) is 9.24. The lowest BCUT2D eigenvalue weighted by Crippen LogP contribution is -2.26. The summed E-state index contributed by atoms with van der Waals surface area (Å²) in [5, 5.41) is 2.67. The molecule has 0 saturated heterocycles. The molecule has 9 heteroatoms. The molecule has 2 aromatic carbocycles. The Morgan fingerprint density at radius 2 is 1.63 bits per heavy atom. The van der Waals surface area contributed by atoms with E-state index in [0.717, 1.165) is 0 Å². The van der Waals surface area contributed by atoms with Gasteiger partial charge in [0.25, 0.3) is 15.9 Å². The summed E-state index contributed by atoms with van der Waals surface area (Å²) < 4.78 is 42.7. The Morgan fingerprint density at radius 1 is 0.963 bits per heavy atom. The van der Waals surface area contributed by atoms with Gasteiger partial charge in [-0.2, -0.15) is 0 Å². The molecule has 0 aliphatic rings. The molecule has 0 aliphatic heterocycles. The van der Waals surface area contributed by atoms with Gasteiger partial charge >= 0.3 is 0 Å². The summed E-state index contributed by atoms with van der Waals surface area (Å²) >= 11 is 0. The summed E-state index contributed by atoms with van der Waals surface area (Å²) in [5.41, 5.74) is 0.685. The van der Waals surface area contributed by atoms with Gasteiger partial charge < -0.3 is 19.5 Å². The third-order valence-electron chi connectivity index (χ3n) is 3.65. The van der Waals surface area contributed by atoms with Gasteiger partial charge in [-0.05, 0) is 36.4 Å². The fourth-order valence-corrected chi connectivity index (χ4v) is 3.32. The molecular formula is C18H22N2O6S. The summed E-state index contributed by atoms with van der Waals surface area (Å²) in [7, 11) is 0.679. The summed E-state index contributed by atoms with van der Waals surface area (Å²) in [6.07, 6.45) is 0. The van der Waals surface area contributed by atoms with Crippen LogP contribution in [-0.4, -0.2) is 48.8 Å². The first-order valence-electron chi connectivity index (χ1n) is 8.03. The van der Waals surface area contributed by atoms with E-state index in [1.54, 1.807) is 12.1 Å². The van der Waals surface area contributed by atoms with Crippen molar-refractivity contribution in [3.05, 3.63) is 48.0 Å². The van der Waals surface area contributed by atoms with Crippen LogP contribution in [0.2, 0.25) is 0 Å². The third kappa shape index (κ3) is 5.35. The van der Waals surface area contributed by atoms with Crippen LogP contribution in [-0.2, 0) is 14.8 Å². The number of anilines is 1. The Labute approximate surface area is 158 Å². The summed E-state index contributed by atoms with van der Waals surface area (Å²) in [6.45, 7) is 0.768. The zero-order chi connectivity index (χ0) is 19.9. The fraction of sp³-hybridized carbons (Fsp3) is 0.278. The van der Waals surface area contributed by atoms with Crippen molar-refractivity contribution in [3.8, 4) is 11.5 Å². The number of carbonyl (C=O) groups is 1. The van der Waals surface area contributed by atoms with Crippen molar-refractivity contribution in [3.63, 3.8) is 0 Å². The average Bonchev–Trinajstić information content (AvgIpc) is 2.67. The summed E-state index contributed by atoms with van der Waals surface area (Å²) in [6, 6.07) is 10.3. The zero-order valence-corrected chi connectivity index (χ0v) is 16.1. The fourth-order valence-electron chi connectivity index (χ4n) is 2.27. The van der Waals surface area contributed by atoms with Crippen LogP contribution in [0, 0.1) is 0 Å². The Kier molecular flexibility index (Phi) is 7.03. The highest BCUT2D eigenvalue weighted by atomic mass is 32.2. The van der Waals surface area contributed by atoms with Gasteiger partial charge in [-0.3, -0.25) is 9.52 Å². The van der Waals surface area contributed by atoms with Crippen molar-refractivity contribution < 1.29 is 27.4 Å². The number of amides is 1. The van der Waals surface area contributed by atoms with E-state index in [2.05, 4.69) is 10.0 Å². The number of benzene rings is 2. The highest BCUT2D eigenvalue weighted by molar-refractivity contribution is 7.92. The predicted molar refractivity (Wildman–Crippen MR) is 101 cm³/mol. The van der Waals surface area contributed by atoms with Crippen LogP contribution in [0.1, 0.15) is 10.4 Å². The zero-order valence-electron chi connectivity index (χ0n) is 15.3. The molecule has 0 bridgehead atoms. The monoisotopic (exact) mass is 394 g/mol. The first-order chi connectivity index (χ1) is 12.9. The molecule has 0 aromatic heterocycles. The summed E-state index contributed by atoms with van der Waals surface area (Å²) in [5.74, 6) is 0.592. The number of sulfonamides is 1. The number of rotatable bonds is 9. The first-order valence-corrected chi connectivity index (χ1v) is 9.51. The van der Waals surface area contributed by atoms with E-state index in [-0.39, 0.29) is 10.8 Å². The molecule has 2 rings (SSSR count). The minimum atomic E-state index is -3.82. The Morgan fingerprint density at radius 3 is 2.22 bits per heavy atom. The molecule has 0 atom stereocenters. The molecule has 1 amide bonds. The predicted octanol–water partition coefficient (Wildman–Crippen LogP) is 1.88. The molecule has 27 heavy (non-hydrogen) atoms.